The standard InChI is InChI=1S/C10H12O3/c11-10(9-4-2-6-13-9)8-3-1-5-12-7-8/h2,4,6-7,10-11H,1,3,5H2. The number of hydrogen-bond acceptors (Lipinski definition) is 3. The normalized spacial score (nSPS) is 19.0. The molecule has 0 bridgehead atoms. The van der Waals surface area contributed by atoms with Gasteiger partial charge in [-0.25, -0.2) is 0 Å². The molecule has 1 aromatic heterocycles. The maximum absolute atomic E-state index is 9.79. The molecular weight excluding hydrogens is 168 g/mol. The molecule has 3 heteroatoms. The van der Waals surface area contributed by atoms with Crippen molar-refractivity contribution in [1.29, 1.82) is 0 Å². The molecule has 0 spiro atoms. The van der Waals surface area contributed by atoms with Crippen LogP contribution in [0.25, 0.3) is 0 Å². The zero-order valence-electron chi connectivity index (χ0n) is 7.27. The van der Waals surface area contributed by atoms with Gasteiger partial charge in [0.1, 0.15) is 11.9 Å². The quantitative estimate of drug-likeness (QED) is 0.757. The molecule has 1 aliphatic heterocycles. The highest BCUT2D eigenvalue weighted by Gasteiger charge is 2.18. The second-order valence-corrected chi connectivity index (χ2v) is 3.09. The maximum atomic E-state index is 9.79. The Morgan fingerprint density at radius 1 is 1.46 bits per heavy atom. The lowest BCUT2D eigenvalue weighted by Crippen LogP contribution is -2.06. The first-order valence-corrected chi connectivity index (χ1v) is 4.40. The molecule has 0 amide bonds. The van der Waals surface area contributed by atoms with Crippen LogP contribution in [0.15, 0.2) is 34.6 Å². The maximum Gasteiger partial charge on any atom is 0.136 e. The molecule has 2 rings (SSSR count). The summed E-state index contributed by atoms with van der Waals surface area (Å²) in [4.78, 5) is 0. The van der Waals surface area contributed by atoms with E-state index in [-0.39, 0.29) is 0 Å². The fraction of sp³-hybridized carbons (Fsp3) is 0.400. The SMILES string of the molecule is OC(C1=COCCC1)c1ccco1. The molecule has 1 aliphatic rings. The summed E-state index contributed by atoms with van der Waals surface area (Å²) in [6, 6.07) is 3.53. The highest BCUT2D eigenvalue weighted by molar-refractivity contribution is 5.17. The molecule has 2 heterocycles. The highest BCUT2D eigenvalue weighted by atomic mass is 16.5. The van der Waals surface area contributed by atoms with Crippen LogP contribution < -0.4 is 0 Å². The van der Waals surface area contributed by atoms with Crippen LogP contribution >= 0.6 is 0 Å². The Morgan fingerprint density at radius 3 is 3.00 bits per heavy atom. The van der Waals surface area contributed by atoms with Crippen LogP contribution in [0, 0.1) is 0 Å². The van der Waals surface area contributed by atoms with Crippen LogP contribution in [0.4, 0.5) is 0 Å². The van der Waals surface area contributed by atoms with Gasteiger partial charge in [0, 0.05) is 5.57 Å². The first-order valence-electron chi connectivity index (χ1n) is 4.40. The molecule has 0 aliphatic carbocycles. The molecule has 3 nitrogen and oxygen atoms in total. The van der Waals surface area contributed by atoms with Gasteiger partial charge in [-0.15, -0.1) is 0 Å². The third kappa shape index (κ3) is 1.75. The van der Waals surface area contributed by atoms with Crippen molar-refractivity contribution in [3.63, 3.8) is 0 Å². The number of furan rings is 1. The minimum atomic E-state index is -0.643. The lowest BCUT2D eigenvalue weighted by Gasteiger charge is -2.16. The topological polar surface area (TPSA) is 42.6 Å². The van der Waals surface area contributed by atoms with E-state index < -0.39 is 6.10 Å². The van der Waals surface area contributed by atoms with E-state index >= 15 is 0 Å². The molecule has 1 atom stereocenters. The fourth-order valence-corrected chi connectivity index (χ4v) is 1.42. The predicted octanol–water partition coefficient (Wildman–Crippen LogP) is 2.01. The molecular formula is C10H12O3. The molecule has 0 aromatic carbocycles. The Labute approximate surface area is 76.6 Å². The van der Waals surface area contributed by atoms with E-state index in [1.165, 1.54) is 0 Å². The first-order chi connectivity index (χ1) is 6.38. The molecule has 0 radical (unpaired) electrons. The van der Waals surface area contributed by atoms with Crippen molar-refractivity contribution < 1.29 is 14.3 Å². The van der Waals surface area contributed by atoms with Crippen molar-refractivity contribution in [3.8, 4) is 0 Å². The molecule has 0 saturated heterocycles. The van der Waals surface area contributed by atoms with Crippen LogP contribution in [0.1, 0.15) is 24.7 Å². The van der Waals surface area contributed by atoms with Crippen LogP contribution in [0.3, 0.4) is 0 Å². The van der Waals surface area contributed by atoms with Crippen molar-refractivity contribution in [2.75, 3.05) is 6.61 Å². The van der Waals surface area contributed by atoms with E-state index in [0.29, 0.717) is 5.76 Å². The largest absolute Gasteiger partial charge is 0.501 e. The smallest absolute Gasteiger partial charge is 0.136 e. The van der Waals surface area contributed by atoms with Crippen LogP contribution in [-0.2, 0) is 4.74 Å². The van der Waals surface area contributed by atoms with Crippen molar-refractivity contribution in [3.05, 3.63) is 36.0 Å². The summed E-state index contributed by atoms with van der Waals surface area (Å²) in [5, 5.41) is 9.79. The molecule has 1 unspecified atom stereocenters. The molecule has 1 aromatic rings. The van der Waals surface area contributed by atoms with Gasteiger partial charge in [0.15, 0.2) is 0 Å². The number of rotatable bonds is 2. The summed E-state index contributed by atoms with van der Waals surface area (Å²) in [5.74, 6) is 0.580. The molecule has 0 fully saturated rings. The van der Waals surface area contributed by atoms with Crippen molar-refractivity contribution >= 4 is 0 Å². The van der Waals surface area contributed by atoms with E-state index in [1.807, 2.05) is 0 Å². The lowest BCUT2D eigenvalue weighted by molar-refractivity contribution is 0.152. The van der Waals surface area contributed by atoms with Gasteiger partial charge >= 0.3 is 0 Å². The zero-order valence-corrected chi connectivity index (χ0v) is 7.27. The van der Waals surface area contributed by atoms with Crippen molar-refractivity contribution in [1.82, 2.24) is 0 Å². The average molecular weight is 180 g/mol. The highest BCUT2D eigenvalue weighted by Crippen LogP contribution is 2.27. The van der Waals surface area contributed by atoms with E-state index in [0.717, 1.165) is 25.0 Å². The molecule has 1 N–H and O–H groups in total. The Hall–Kier alpha value is -1.22. The number of ether oxygens (including phenoxy) is 1. The summed E-state index contributed by atoms with van der Waals surface area (Å²) in [6.07, 6.45) is 4.39. The average Bonchev–Trinajstić information content (AvgIpc) is 2.71. The lowest BCUT2D eigenvalue weighted by atomic mass is 10.0. The Balaban J connectivity index is 2.12. The molecule has 0 saturated carbocycles. The Morgan fingerprint density at radius 2 is 2.38 bits per heavy atom. The van der Waals surface area contributed by atoms with Crippen LogP contribution in [0.5, 0.6) is 0 Å². The fourth-order valence-electron chi connectivity index (χ4n) is 1.42. The van der Waals surface area contributed by atoms with Gasteiger partial charge in [-0.1, -0.05) is 0 Å². The second-order valence-electron chi connectivity index (χ2n) is 3.09. The summed E-state index contributed by atoms with van der Waals surface area (Å²) in [7, 11) is 0. The molecule has 70 valence electrons. The van der Waals surface area contributed by atoms with Crippen LogP contribution in [-0.4, -0.2) is 11.7 Å². The van der Waals surface area contributed by atoms with E-state index in [2.05, 4.69) is 0 Å². The summed E-state index contributed by atoms with van der Waals surface area (Å²) >= 11 is 0. The third-order valence-corrected chi connectivity index (χ3v) is 2.13. The van der Waals surface area contributed by atoms with E-state index in [9.17, 15) is 5.11 Å². The van der Waals surface area contributed by atoms with Gasteiger partial charge in [-0.3, -0.25) is 0 Å². The zero-order chi connectivity index (χ0) is 9.10. The monoisotopic (exact) mass is 180 g/mol. The number of aliphatic hydroxyl groups excluding tert-OH is 1. The first kappa shape index (κ1) is 8.38. The third-order valence-electron chi connectivity index (χ3n) is 2.13. The van der Waals surface area contributed by atoms with Gasteiger partial charge in [-0.05, 0) is 25.0 Å². The molecule has 13 heavy (non-hydrogen) atoms. The van der Waals surface area contributed by atoms with Crippen LogP contribution in [0.2, 0.25) is 0 Å². The Bertz CT molecular complexity index is 287. The predicted molar refractivity (Wildman–Crippen MR) is 46.9 cm³/mol. The van der Waals surface area contributed by atoms with E-state index in [4.69, 9.17) is 9.15 Å². The minimum Gasteiger partial charge on any atom is -0.501 e. The number of hydrogen-bond donors (Lipinski definition) is 1. The van der Waals surface area contributed by atoms with Gasteiger partial charge < -0.3 is 14.3 Å². The van der Waals surface area contributed by atoms with Gasteiger partial charge in [-0.2, -0.15) is 0 Å². The second kappa shape index (κ2) is 3.66. The van der Waals surface area contributed by atoms with Gasteiger partial charge in [0.05, 0.1) is 19.1 Å². The number of aliphatic hydroxyl groups is 1. The summed E-state index contributed by atoms with van der Waals surface area (Å²) in [6.45, 7) is 0.744. The summed E-state index contributed by atoms with van der Waals surface area (Å²) < 4.78 is 10.2. The Kier molecular flexibility index (Phi) is 2.36. The van der Waals surface area contributed by atoms with Gasteiger partial charge in [0.2, 0.25) is 0 Å². The summed E-state index contributed by atoms with van der Waals surface area (Å²) in [5.41, 5.74) is 0.890. The van der Waals surface area contributed by atoms with Crippen molar-refractivity contribution in [2.24, 2.45) is 0 Å². The van der Waals surface area contributed by atoms with Gasteiger partial charge in [0.25, 0.3) is 0 Å². The van der Waals surface area contributed by atoms with E-state index in [1.54, 1.807) is 24.7 Å². The minimum absolute atomic E-state index is 0.580. The van der Waals surface area contributed by atoms with Crippen molar-refractivity contribution in [2.45, 2.75) is 18.9 Å².